The molecule has 1 saturated heterocycles. The van der Waals surface area contributed by atoms with Gasteiger partial charge in [0.15, 0.2) is 0 Å². The van der Waals surface area contributed by atoms with Crippen LogP contribution >= 0.6 is 15.9 Å². The highest BCUT2D eigenvalue weighted by Gasteiger charge is 2.27. The number of anilines is 1. The fraction of sp³-hybridized carbons (Fsp3) is 0.474. The molecule has 5 heteroatoms. The molecule has 2 aliphatic rings. The second kappa shape index (κ2) is 7.19. The first-order valence-corrected chi connectivity index (χ1v) is 9.62. The van der Waals surface area contributed by atoms with Gasteiger partial charge in [0, 0.05) is 35.7 Å². The molecule has 4 rings (SSSR count). The Morgan fingerprint density at radius 3 is 2.96 bits per heavy atom. The number of nitrogens with one attached hydrogen (secondary N) is 1. The molecule has 1 aliphatic heterocycles. The second-order valence-corrected chi connectivity index (χ2v) is 7.84. The minimum Gasteiger partial charge on any atom is -0.366 e. The largest absolute Gasteiger partial charge is 0.366 e. The maximum atomic E-state index is 4.70. The second-order valence-electron chi connectivity index (χ2n) is 6.92. The van der Waals surface area contributed by atoms with Crippen LogP contribution in [0.25, 0.3) is 0 Å². The zero-order valence-electron chi connectivity index (χ0n) is 13.8. The smallest absolute Gasteiger partial charge is 0.133 e. The Morgan fingerprint density at radius 2 is 2.12 bits per heavy atom. The lowest BCUT2D eigenvalue weighted by atomic mass is 10.0. The summed E-state index contributed by atoms with van der Waals surface area (Å²) in [5.74, 6) is 2.61. The number of halogens is 1. The molecule has 126 valence electrons. The van der Waals surface area contributed by atoms with Gasteiger partial charge in [-0.05, 0) is 56.0 Å². The number of aromatic nitrogens is 2. The summed E-state index contributed by atoms with van der Waals surface area (Å²) in [5, 5.41) is 3.63. The van der Waals surface area contributed by atoms with E-state index in [0.717, 1.165) is 29.2 Å². The molecule has 4 nitrogen and oxygen atoms in total. The van der Waals surface area contributed by atoms with Gasteiger partial charge in [-0.25, -0.2) is 9.97 Å². The molecule has 24 heavy (non-hydrogen) atoms. The van der Waals surface area contributed by atoms with Gasteiger partial charge in [-0.2, -0.15) is 0 Å². The van der Waals surface area contributed by atoms with Gasteiger partial charge in [-0.15, -0.1) is 0 Å². The van der Waals surface area contributed by atoms with Crippen LogP contribution in [0.15, 0.2) is 41.0 Å². The van der Waals surface area contributed by atoms with E-state index in [9.17, 15) is 0 Å². The van der Waals surface area contributed by atoms with E-state index in [1.165, 1.54) is 37.8 Å². The van der Waals surface area contributed by atoms with Gasteiger partial charge < -0.3 is 5.32 Å². The molecule has 1 saturated carbocycles. The molecule has 2 heterocycles. The Hall–Kier alpha value is -1.46. The van der Waals surface area contributed by atoms with Gasteiger partial charge in [0.25, 0.3) is 0 Å². The van der Waals surface area contributed by atoms with Crippen molar-refractivity contribution in [1.82, 2.24) is 14.9 Å². The van der Waals surface area contributed by atoms with Crippen molar-refractivity contribution in [3.8, 4) is 0 Å². The topological polar surface area (TPSA) is 41.0 Å². The third-order valence-electron chi connectivity index (χ3n) is 4.77. The molecule has 2 fully saturated rings. The Bertz CT molecular complexity index is 701. The number of hydrogen-bond acceptors (Lipinski definition) is 4. The van der Waals surface area contributed by atoms with E-state index in [1.54, 1.807) is 0 Å². The molecule has 1 aromatic heterocycles. The molecule has 1 aromatic carbocycles. The van der Waals surface area contributed by atoms with Crippen LogP contribution in [0.3, 0.4) is 0 Å². The lowest BCUT2D eigenvalue weighted by Crippen LogP contribution is -2.41. The lowest BCUT2D eigenvalue weighted by molar-refractivity contribution is 0.208. The minimum atomic E-state index is 0.466. The van der Waals surface area contributed by atoms with Gasteiger partial charge in [0.1, 0.15) is 11.6 Å². The highest BCUT2D eigenvalue weighted by atomic mass is 79.9. The molecule has 1 N–H and O–H groups in total. The molecule has 0 amide bonds. The van der Waals surface area contributed by atoms with Crippen molar-refractivity contribution in [2.75, 3.05) is 18.4 Å². The number of rotatable bonds is 5. The summed E-state index contributed by atoms with van der Waals surface area (Å²) in [6, 6.07) is 11.1. The van der Waals surface area contributed by atoms with Gasteiger partial charge in [0.05, 0.1) is 0 Å². The Balaban J connectivity index is 1.37. The predicted molar refractivity (Wildman–Crippen MR) is 100 cm³/mol. The van der Waals surface area contributed by atoms with Crippen LogP contribution < -0.4 is 5.32 Å². The van der Waals surface area contributed by atoms with Gasteiger partial charge in [-0.3, -0.25) is 4.90 Å². The van der Waals surface area contributed by atoms with Gasteiger partial charge in [0.2, 0.25) is 0 Å². The van der Waals surface area contributed by atoms with Gasteiger partial charge in [-0.1, -0.05) is 28.1 Å². The summed E-state index contributed by atoms with van der Waals surface area (Å²) in [7, 11) is 0. The van der Waals surface area contributed by atoms with E-state index < -0.39 is 0 Å². The van der Waals surface area contributed by atoms with E-state index in [1.807, 2.05) is 12.3 Å². The molecular formula is C19H23BrN4. The van der Waals surface area contributed by atoms with Crippen LogP contribution in [0.1, 0.15) is 43.0 Å². The number of piperidine rings is 1. The van der Waals surface area contributed by atoms with Gasteiger partial charge >= 0.3 is 0 Å². The molecule has 2 aromatic rings. The highest BCUT2D eigenvalue weighted by molar-refractivity contribution is 9.10. The van der Waals surface area contributed by atoms with E-state index in [4.69, 9.17) is 4.98 Å². The summed E-state index contributed by atoms with van der Waals surface area (Å²) in [4.78, 5) is 11.6. The van der Waals surface area contributed by atoms with Crippen LogP contribution in [0.2, 0.25) is 0 Å². The zero-order chi connectivity index (χ0) is 16.4. The lowest BCUT2D eigenvalue weighted by Gasteiger charge is -2.33. The first-order chi connectivity index (χ1) is 11.8. The number of benzene rings is 1. The molecule has 1 aliphatic carbocycles. The Kier molecular flexibility index (Phi) is 4.81. The standard InChI is InChI=1S/C19H23BrN4/c20-16-4-1-3-14(11-16)12-24-10-2-5-17(13-24)22-18-8-9-21-19(23-18)15-6-7-15/h1,3-4,8-9,11,15,17H,2,5-7,10,12-13H2,(H,21,22,23). The quantitative estimate of drug-likeness (QED) is 0.835. The van der Waals surface area contributed by atoms with E-state index in [0.29, 0.717) is 12.0 Å². The van der Waals surface area contributed by atoms with E-state index in [-0.39, 0.29) is 0 Å². The van der Waals surface area contributed by atoms with Crippen LogP contribution in [-0.2, 0) is 6.54 Å². The van der Waals surface area contributed by atoms with Crippen LogP contribution in [-0.4, -0.2) is 34.0 Å². The van der Waals surface area contributed by atoms with Crippen LogP contribution in [0.4, 0.5) is 5.82 Å². The maximum Gasteiger partial charge on any atom is 0.133 e. The first-order valence-electron chi connectivity index (χ1n) is 8.82. The fourth-order valence-electron chi connectivity index (χ4n) is 3.41. The number of hydrogen-bond donors (Lipinski definition) is 1. The average Bonchev–Trinajstić information content (AvgIpc) is 3.40. The first kappa shape index (κ1) is 16.0. The monoisotopic (exact) mass is 386 g/mol. The molecule has 0 bridgehead atoms. The SMILES string of the molecule is Brc1cccc(CN2CCCC(Nc3ccnc(C4CC4)n3)C2)c1. The zero-order valence-corrected chi connectivity index (χ0v) is 15.4. The summed E-state index contributed by atoms with van der Waals surface area (Å²) < 4.78 is 1.15. The predicted octanol–water partition coefficient (Wildman–Crippen LogP) is 4.19. The number of nitrogens with zero attached hydrogens (tertiary/aromatic N) is 3. The molecule has 0 radical (unpaired) electrons. The van der Waals surface area contributed by atoms with Crippen molar-refractivity contribution < 1.29 is 0 Å². The summed E-state index contributed by atoms with van der Waals surface area (Å²) >= 11 is 3.56. The Labute approximate surface area is 151 Å². The number of likely N-dealkylation sites (tertiary alicyclic amines) is 1. The van der Waals surface area contributed by atoms with E-state index >= 15 is 0 Å². The Morgan fingerprint density at radius 1 is 1.21 bits per heavy atom. The van der Waals surface area contributed by atoms with Crippen molar-refractivity contribution >= 4 is 21.7 Å². The van der Waals surface area contributed by atoms with Crippen molar-refractivity contribution in [2.45, 2.75) is 44.2 Å². The highest BCUT2D eigenvalue weighted by Crippen LogP contribution is 2.38. The third-order valence-corrected chi connectivity index (χ3v) is 5.26. The molecular weight excluding hydrogens is 364 g/mol. The van der Waals surface area contributed by atoms with E-state index in [2.05, 4.69) is 55.4 Å². The van der Waals surface area contributed by atoms with Crippen molar-refractivity contribution in [3.63, 3.8) is 0 Å². The summed E-state index contributed by atoms with van der Waals surface area (Å²) in [6.45, 7) is 3.24. The molecule has 0 spiro atoms. The van der Waals surface area contributed by atoms with Crippen molar-refractivity contribution in [2.24, 2.45) is 0 Å². The minimum absolute atomic E-state index is 0.466. The van der Waals surface area contributed by atoms with Crippen LogP contribution in [0.5, 0.6) is 0 Å². The van der Waals surface area contributed by atoms with Crippen LogP contribution in [0, 0.1) is 0 Å². The average molecular weight is 387 g/mol. The fourth-order valence-corrected chi connectivity index (χ4v) is 3.86. The van der Waals surface area contributed by atoms with Crippen molar-refractivity contribution in [3.05, 3.63) is 52.4 Å². The third kappa shape index (κ3) is 4.14. The molecule has 1 unspecified atom stereocenters. The van der Waals surface area contributed by atoms with Crippen molar-refractivity contribution in [1.29, 1.82) is 0 Å². The normalized spacial score (nSPS) is 21.6. The summed E-state index contributed by atoms with van der Waals surface area (Å²) in [6.07, 6.45) is 6.82. The maximum absolute atomic E-state index is 4.70. The summed E-state index contributed by atoms with van der Waals surface area (Å²) in [5.41, 5.74) is 1.36. The molecule has 1 atom stereocenters.